The molecule has 2 heterocycles. The summed E-state index contributed by atoms with van der Waals surface area (Å²) in [6.07, 6.45) is 1.49. The van der Waals surface area contributed by atoms with E-state index in [1.807, 2.05) is 12.1 Å². The van der Waals surface area contributed by atoms with Gasteiger partial charge in [0.2, 0.25) is 5.95 Å². The number of halogens is 1. The van der Waals surface area contributed by atoms with Gasteiger partial charge in [-0.1, -0.05) is 6.07 Å². The van der Waals surface area contributed by atoms with Crippen LogP contribution in [0.25, 0.3) is 11.3 Å². The number of benzene rings is 2. The Hall–Kier alpha value is -3.24. The first-order valence-electron chi connectivity index (χ1n) is 10.8. The Balaban J connectivity index is 1.46. The molecule has 3 aromatic rings. The Bertz CT molecular complexity index is 1310. The van der Waals surface area contributed by atoms with Crippen LogP contribution in [0.5, 0.6) is 0 Å². The van der Waals surface area contributed by atoms with Crippen LogP contribution in [0.4, 0.5) is 21.8 Å². The van der Waals surface area contributed by atoms with Crippen molar-refractivity contribution in [2.45, 2.75) is 17.7 Å². The number of hydrogen-bond acceptors (Lipinski definition) is 7. The topological polar surface area (TPSA) is 104 Å². The summed E-state index contributed by atoms with van der Waals surface area (Å²) in [5, 5.41) is 0. The van der Waals surface area contributed by atoms with Crippen molar-refractivity contribution in [1.82, 2.24) is 14.9 Å². The summed E-state index contributed by atoms with van der Waals surface area (Å²) in [7, 11) is -1.71. The second-order valence-electron chi connectivity index (χ2n) is 8.45. The molecule has 3 N–H and O–H groups in total. The normalized spacial score (nSPS) is 16.2. The number of nitrogens with two attached hydrogens (primary N) is 1. The van der Waals surface area contributed by atoms with Gasteiger partial charge in [0.25, 0.3) is 10.0 Å². The van der Waals surface area contributed by atoms with Gasteiger partial charge < -0.3 is 15.5 Å². The predicted molar refractivity (Wildman–Crippen MR) is 126 cm³/mol. The van der Waals surface area contributed by atoms with Crippen molar-refractivity contribution >= 4 is 27.5 Å². The lowest BCUT2D eigenvalue weighted by Gasteiger charge is -2.35. The summed E-state index contributed by atoms with van der Waals surface area (Å²) >= 11 is 0. The lowest BCUT2D eigenvalue weighted by molar-refractivity contribution is 0.312. The highest BCUT2D eigenvalue weighted by atomic mass is 32.2. The second-order valence-corrected chi connectivity index (χ2v) is 10.1. The number of nitrogens with zero attached hydrogens (tertiary/aromatic N) is 4. The van der Waals surface area contributed by atoms with E-state index in [1.165, 1.54) is 12.1 Å². The number of aromatic nitrogens is 2. The highest BCUT2D eigenvalue weighted by Gasteiger charge is 2.27. The zero-order valence-electron chi connectivity index (χ0n) is 18.3. The molecule has 0 bridgehead atoms. The number of nitrogen functional groups attached to an aromatic ring is 1. The van der Waals surface area contributed by atoms with Crippen molar-refractivity contribution in [2.75, 3.05) is 48.6 Å². The third-order valence-electron chi connectivity index (χ3n) is 6.19. The van der Waals surface area contributed by atoms with Crippen LogP contribution in [0, 0.1) is 5.82 Å². The number of likely N-dealkylation sites (N-methyl/N-ethyl adjacent to an activating group) is 1. The first-order valence-corrected chi connectivity index (χ1v) is 12.3. The SMILES string of the molecule is CN1CCN(c2nc(N)nc3c2CCc2cc(NS(=O)(=O)c4ccc(F)cc4)ccc2-3)CC1. The van der Waals surface area contributed by atoms with Crippen LogP contribution >= 0.6 is 0 Å². The molecule has 0 radical (unpaired) electrons. The average molecular weight is 469 g/mol. The summed E-state index contributed by atoms with van der Waals surface area (Å²) in [5.74, 6) is 0.646. The minimum absolute atomic E-state index is 0.00398. The summed E-state index contributed by atoms with van der Waals surface area (Å²) < 4.78 is 41.1. The van der Waals surface area contributed by atoms with Gasteiger partial charge in [-0.25, -0.2) is 17.8 Å². The average Bonchev–Trinajstić information content (AvgIpc) is 2.79. The molecular weight excluding hydrogens is 443 g/mol. The number of rotatable bonds is 4. The van der Waals surface area contributed by atoms with E-state index in [0.717, 1.165) is 79.4 Å². The van der Waals surface area contributed by atoms with Crippen LogP contribution in [0.2, 0.25) is 0 Å². The van der Waals surface area contributed by atoms with Crippen molar-refractivity contribution < 1.29 is 12.8 Å². The summed E-state index contributed by atoms with van der Waals surface area (Å²) in [5.41, 5.74) is 10.4. The van der Waals surface area contributed by atoms with E-state index in [2.05, 4.69) is 31.5 Å². The van der Waals surface area contributed by atoms with Gasteiger partial charge in [-0.3, -0.25) is 4.72 Å². The zero-order chi connectivity index (χ0) is 23.2. The summed E-state index contributed by atoms with van der Waals surface area (Å²) in [4.78, 5) is 13.7. The molecule has 33 heavy (non-hydrogen) atoms. The number of aryl methyl sites for hydroxylation is 1. The molecule has 2 aromatic carbocycles. The maximum atomic E-state index is 13.2. The Morgan fingerprint density at radius 1 is 1.00 bits per heavy atom. The van der Waals surface area contributed by atoms with Gasteiger partial charge in [-0.05, 0) is 61.9 Å². The van der Waals surface area contributed by atoms with Crippen LogP contribution in [-0.2, 0) is 22.9 Å². The molecule has 1 aromatic heterocycles. The second kappa shape index (κ2) is 8.27. The number of nitrogens with one attached hydrogen (secondary N) is 1. The fourth-order valence-corrected chi connectivity index (χ4v) is 5.45. The fourth-order valence-electron chi connectivity index (χ4n) is 4.40. The number of sulfonamides is 1. The maximum Gasteiger partial charge on any atom is 0.261 e. The standard InChI is InChI=1S/C23H25FN6O2S/c1-29-10-12-30(13-11-29)22-20-8-2-15-14-17(5-9-19(15)21(20)26-23(25)27-22)28-33(31,32)18-6-3-16(24)4-7-18/h3-7,9,14,28H,2,8,10-13H2,1H3,(H2,25,26,27). The molecule has 1 aliphatic heterocycles. The Morgan fingerprint density at radius 2 is 1.73 bits per heavy atom. The minimum Gasteiger partial charge on any atom is -0.368 e. The quantitative estimate of drug-likeness (QED) is 0.606. The van der Waals surface area contributed by atoms with E-state index in [9.17, 15) is 12.8 Å². The molecule has 1 saturated heterocycles. The first kappa shape index (κ1) is 21.6. The smallest absolute Gasteiger partial charge is 0.261 e. The highest BCUT2D eigenvalue weighted by Crippen LogP contribution is 2.38. The van der Waals surface area contributed by atoms with Crippen molar-refractivity contribution in [3.05, 3.63) is 59.4 Å². The van der Waals surface area contributed by atoms with Gasteiger partial charge in [0.1, 0.15) is 11.6 Å². The van der Waals surface area contributed by atoms with E-state index >= 15 is 0 Å². The van der Waals surface area contributed by atoms with Crippen molar-refractivity contribution in [2.24, 2.45) is 0 Å². The largest absolute Gasteiger partial charge is 0.368 e. The molecule has 5 rings (SSSR count). The third kappa shape index (κ3) is 4.23. The van der Waals surface area contributed by atoms with E-state index in [1.54, 1.807) is 6.07 Å². The number of hydrogen-bond donors (Lipinski definition) is 2. The minimum atomic E-state index is -3.82. The molecule has 8 nitrogen and oxygen atoms in total. The van der Waals surface area contributed by atoms with Gasteiger partial charge in [0, 0.05) is 43.0 Å². The first-order chi connectivity index (χ1) is 15.8. The van der Waals surface area contributed by atoms with Gasteiger partial charge in [-0.2, -0.15) is 4.98 Å². The molecule has 1 aliphatic carbocycles. The molecule has 0 amide bonds. The molecule has 0 atom stereocenters. The van der Waals surface area contributed by atoms with Crippen LogP contribution in [0.1, 0.15) is 11.1 Å². The number of piperazine rings is 1. The number of anilines is 3. The van der Waals surface area contributed by atoms with Crippen LogP contribution in [0.3, 0.4) is 0 Å². The predicted octanol–water partition coefficient (Wildman–Crippen LogP) is 2.52. The molecule has 0 spiro atoms. The van der Waals surface area contributed by atoms with E-state index in [4.69, 9.17) is 5.73 Å². The van der Waals surface area contributed by atoms with Crippen molar-refractivity contribution in [1.29, 1.82) is 0 Å². The Labute approximate surface area is 192 Å². The third-order valence-corrected chi connectivity index (χ3v) is 7.58. The molecule has 2 aliphatic rings. The lowest BCUT2D eigenvalue weighted by atomic mass is 9.88. The van der Waals surface area contributed by atoms with E-state index < -0.39 is 15.8 Å². The van der Waals surface area contributed by atoms with E-state index in [-0.39, 0.29) is 10.8 Å². The van der Waals surface area contributed by atoms with Gasteiger partial charge >= 0.3 is 0 Å². The van der Waals surface area contributed by atoms with Gasteiger partial charge in [-0.15, -0.1) is 0 Å². The highest BCUT2D eigenvalue weighted by molar-refractivity contribution is 7.92. The van der Waals surface area contributed by atoms with Crippen molar-refractivity contribution in [3.8, 4) is 11.3 Å². The lowest BCUT2D eigenvalue weighted by Crippen LogP contribution is -2.45. The molecule has 1 fully saturated rings. The van der Waals surface area contributed by atoms with Gasteiger partial charge in [0.05, 0.1) is 10.6 Å². The molecule has 0 unspecified atom stereocenters. The molecule has 10 heteroatoms. The maximum absolute atomic E-state index is 13.2. The van der Waals surface area contributed by atoms with Crippen molar-refractivity contribution in [3.63, 3.8) is 0 Å². The zero-order valence-corrected chi connectivity index (χ0v) is 19.1. The molecule has 172 valence electrons. The van der Waals surface area contributed by atoms with E-state index in [0.29, 0.717) is 5.69 Å². The number of fused-ring (bicyclic) bond motifs is 3. The monoisotopic (exact) mass is 468 g/mol. The Morgan fingerprint density at radius 3 is 2.45 bits per heavy atom. The van der Waals surface area contributed by atoms with Crippen LogP contribution < -0.4 is 15.4 Å². The van der Waals surface area contributed by atoms with Crippen LogP contribution in [-0.4, -0.2) is 56.5 Å². The fraction of sp³-hybridized carbons (Fsp3) is 0.304. The summed E-state index contributed by atoms with van der Waals surface area (Å²) in [6.45, 7) is 3.70. The summed E-state index contributed by atoms with van der Waals surface area (Å²) in [6, 6.07) is 10.1. The Kier molecular flexibility index (Phi) is 5.41. The molecular formula is C23H25FN6O2S. The van der Waals surface area contributed by atoms with Crippen LogP contribution in [0.15, 0.2) is 47.4 Å². The molecule has 0 saturated carbocycles. The van der Waals surface area contributed by atoms with Gasteiger partial charge in [0.15, 0.2) is 0 Å².